The van der Waals surface area contributed by atoms with E-state index in [2.05, 4.69) is 20.6 Å². The van der Waals surface area contributed by atoms with Crippen molar-refractivity contribution >= 4 is 22.5 Å². The molecule has 0 spiro atoms. The number of nitrogen functional groups attached to an aromatic ring is 1. The highest BCUT2D eigenvalue weighted by molar-refractivity contribution is 5.95. The molecular formula is C23H26FN5O. The minimum Gasteiger partial charge on any atom is -0.505 e. The van der Waals surface area contributed by atoms with Crippen LogP contribution in [0.1, 0.15) is 38.2 Å². The average Bonchev–Trinajstić information content (AvgIpc) is 3.08. The first-order chi connectivity index (χ1) is 14.5. The van der Waals surface area contributed by atoms with Crippen molar-refractivity contribution < 1.29 is 9.50 Å². The summed E-state index contributed by atoms with van der Waals surface area (Å²) in [7, 11) is 0. The van der Waals surface area contributed by atoms with Gasteiger partial charge in [0, 0.05) is 29.7 Å². The minimum atomic E-state index is -0.625. The molecule has 0 amide bonds. The normalized spacial score (nSPS) is 23.1. The molecule has 30 heavy (non-hydrogen) atoms. The molecule has 0 aliphatic carbocycles. The van der Waals surface area contributed by atoms with Crippen molar-refractivity contribution in [3.63, 3.8) is 0 Å². The van der Waals surface area contributed by atoms with Crippen LogP contribution in [0.15, 0.2) is 30.5 Å². The summed E-state index contributed by atoms with van der Waals surface area (Å²) in [6.45, 7) is 1.99. The van der Waals surface area contributed by atoms with E-state index in [1.807, 2.05) is 19.1 Å². The maximum atomic E-state index is 14.2. The molecule has 2 aromatic carbocycles. The highest BCUT2D eigenvalue weighted by Gasteiger charge is 2.33. The number of nitrogens with zero attached hydrogens (tertiary/aromatic N) is 2. The number of rotatable bonds is 4. The standard InChI is InChI=1S/C23H26FN5O/c1-2-12-7-21(30)19(24)10-18(12)13-5-14-11-26-23(25)29-22(14)20(6-13)28-17-8-15-3-4-16(9-17)27-15/h5-7,10-11,15-17,27-28,30H,2-4,8-9H2,1H3,(H2,25,26,29)/t15-,16+,17?. The van der Waals surface area contributed by atoms with Crippen LogP contribution < -0.4 is 16.4 Å². The fourth-order valence-electron chi connectivity index (χ4n) is 4.99. The third-order valence-corrected chi connectivity index (χ3v) is 6.40. The zero-order valence-corrected chi connectivity index (χ0v) is 17.0. The van der Waals surface area contributed by atoms with Gasteiger partial charge in [0.05, 0.1) is 11.2 Å². The van der Waals surface area contributed by atoms with Gasteiger partial charge in [-0.25, -0.2) is 14.4 Å². The summed E-state index contributed by atoms with van der Waals surface area (Å²) in [4.78, 5) is 8.63. The molecule has 3 aromatic rings. The van der Waals surface area contributed by atoms with Crippen molar-refractivity contribution in [1.29, 1.82) is 0 Å². The molecule has 7 heteroatoms. The Kier molecular flexibility index (Phi) is 4.70. The maximum Gasteiger partial charge on any atom is 0.220 e. The fourth-order valence-corrected chi connectivity index (χ4v) is 4.99. The van der Waals surface area contributed by atoms with E-state index >= 15 is 0 Å². The number of fused-ring (bicyclic) bond motifs is 3. The lowest BCUT2D eigenvalue weighted by atomic mass is 9.95. The zero-order chi connectivity index (χ0) is 20.8. The third-order valence-electron chi connectivity index (χ3n) is 6.40. The summed E-state index contributed by atoms with van der Waals surface area (Å²) in [6, 6.07) is 8.36. The van der Waals surface area contributed by atoms with Gasteiger partial charge in [0.25, 0.3) is 0 Å². The van der Waals surface area contributed by atoms with Gasteiger partial charge in [-0.15, -0.1) is 0 Å². The number of benzene rings is 2. The molecule has 1 unspecified atom stereocenters. The van der Waals surface area contributed by atoms with E-state index < -0.39 is 5.82 Å². The summed E-state index contributed by atoms with van der Waals surface area (Å²) in [5, 5.41) is 18.0. The van der Waals surface area contributed by atoms with Crippen molar-refractivity contribution in [2.45, 2.75) is 57.2 Å². The van der Waals surface area contributed by atoms with Crippen LogP contribution in [-0.4, -0.2) is 33.2 Å². The molecule has 156 valence electrons. The second kappa shape index (κ2) is 7.40. The van der Waals surface area contributed by atoms with Gasteiger partial charge >= 0.3 is 0 Å². The number of phenols is 1. The van der Waals surface area contributed by atoms with E-state index in [-0.39, 0.29) is 11.7 Å². The van der Waals surface area contributed by atoms with Gasteiger partial charge in [-0.05, 0) is 73.1 Å². The number of aromatic hydroxyl groups is 1. The predicted molar refractivity (Wildman–Crippen MR) is 117 cm³/mol. The first-order valence-corrected chi connectivity index (χ1v) is 10.6. The van der Waals surface area contributed by atoms with Crippen LogP contribution in [0.25, 0.3) is 22.0 Å². The second-order valence-corrected chi connectivity index (χ2v) is 8.45. The van der Waals surface area contributed by atoms with Crippen LogP contribution in [0.4, 0.5) is 16.0 Å². The maximum absolute atomic E-state index is 14.2. The van der Waals surface area contributed by atoms with Crippen LogP contribution in [0.2, 0.25) is 0 Å². The molecule has 2 aliphatic rings. The lowest BCUT2D eigenvalue weighted by Crippen LogP contribution is -2.43. The van der Waals surface area contributed by atoms with E-state index in [1.165, 1.54) is 25.0 Å². The molecule has 6 nitrogen and oxygen atoms in total. The highest BCUT2D eigenvalue weighted by atomic mass is 19.1. The molecule has 1 aromatic heterocycles. The Morgan fingerprint density at radius 3 is 2.70 bits per heavy atom. The zero-order valence-electron chi connectivity index (χ0n) is 17.0. The molecule has 0 radical (unpaired) electrons. The average molecular weight is 407 g/mol. The Morgan fingerprint density at radius 1 is 1.20 bits per heavy atom. The first-order valence-electron chi connectivity index (χ1n) is 10.6. The van der Waals surface area contributed by atoms with Crippen LogP contribution in [0.3, 0.4) is 0 Å². The minimum absolute atomic E-state index is 0.230. The number of anilines is 2. The number of aromatic nitrogens is 2. The van der Waals surface area contributed by atoms with Crippen LogP contribution in [0, 0.1) is 5.82 Å². The molecule has 5 N–H and O–H groups in total. The Labute approximate surface area is 174 Å². The summed E-state index contributed by atoms with van der Waals surface area (Å²) in [6.07, 6.45) is 6.98. The largest absolute Gasteiger partial charge is 0.505 e. The van der Waals surface area contributed by atoms with E-state index in [0.717, 1.165) is 46.1 Å². The van der Waals surface area contributed by atoms with Crippen LogP contribution >= 0.6 is 0 Å². The molecular weight excluding hydrogens is 381 g/mol. The van der Waals surface area contributed by atoms with Gasteiger partial charge in [-0.2, -0.15) is 0 Å². The number of halogens is 1. The number of nitrogens with two attached hydrogens (primary N) is 1. The van der Waals surface area contributed by atoms with Crippen molar-refractivity contribution in [3.8, 4) is 16.9 Å². The van der Waals surface area contributed by atoms with Gasteiger partial charge in [-0.1, -0.05) is 6.92 Å². The quantitative estimate of drug-likeness (QED) is 0.522. The Bertz CT molecular complexity index is 1110. The van der Waals surface area contributed by atoms with Crippen molar-refractivity contribution in [1.82, 2.24) is 15.3 Å². The molecule has 2 fully saturated rings. The number of piperidine rings is 1. The van der Waals surface area contributed by atoms with Crippen molar-refractivity contribution in [3.05, 3.63) is 41.8 Å². The van der Waals surface area contributed by atoms with E-state index in [1.54, 1.807) is 6.20 Å². The number of hydrogen-bond donors (Lipinski definition) is 4. The molecule has 5 rings (SSSR count). The van der Waals surface area contributed by atoms with Gasteiger partial charge in [-0.3, -0.25) is 0 Å². The topological polar surface area (TPSA) is 96.1 Å². The monoisotopic (exact) mass is 407 g/mol. The molecule has 0 saturated carbocycles. The van der Waals surface area contributed by atoms with Crippen molar-refractivity contribution in [2.75, 3.05) is 11.1 Å². The van der Waals surface area contributed by atoms with Crippen LogP contribution in [-0.2, 0) is 6.42 Å². The van der Waals surface area contributed by atoms with Crippen LogP contribution in [0.5, 0.6) is 5.75 Å². The van der Waals surface area contributed by atoms with E-state index in [9.17, 15) is 9.50 Å². The van der Waals surface area contributed by atoms with E-state index in [4.69, 9.17) is 5.73 Å². The smallest absolute Gasteiger partial charge is 0.220 e. The van der Waals surface area contributed by atoms with Gasteiger partial charge in [0.2, 0.25) is 5.95 Å². The number of aryl methyl sites for hydroxylation is 1. The molecule has 3 heterocycles. The number of hydrogen-bond acceptors (Lipinski definition) is 6. The van der Waals surface area contributed by atoms with Gasteiger partial charge < -0.3 is 21.5 Å². The Hall–Kier alpha value is -2.93. The Balaban J connectivity index is 1.61. The summed E-state index contributed by atoms with van der Waals surface area (Å²) < 4.78 is 14.2. The fraction of sp³-hybridized carbons (Fsp3) is 0.391. The molecule has 2 saturated heterocycles. The molecule has 3 atom stereocenters. The SMILES string of the molecule is CCc1cc(O)c(F)cc1-c1cc(NC2C[C@H]3CC[C@@H](C2)N3)c2nc(N)ncc2c1. The van der Waals surface area contributed by atoms with Gasteiger partial charge in [0.1, 0.15) is 0 Å². The second-order valence-electron chi connectivity index (χ2n) is 8.45. The summed E-state index contributed by atoms with van der Waals surface area (Å²) in [5.74, 6) is -0.718. The summed E-state index contributed by atoms with van der Waals surface area (Å²) in [5.41, 5.74) is 10.0. The Morgan fingerprint density at radius 2 is 1.97 bits per heavy atom. The summed E-state index contributed by atoms with van der Waals surface area (Å²) >= 11 is 0. The van der Waals surface area contributed by atoms with Crippen molar-refractivity contribution in [2.24, 2.45) is 0 Å². The number of nitrogens with one attached hydrogen (secondary N) is 2. The molecule has 2 aliphatic heterocycles. The lowest BCUT2D eigenvalue weighted by Gasteiger charge is -2.30. The molecule has 2 bridgehead atoms. The van der Waals surface area contributed by atoms with E-state index in [0.29, 0.717) is 24.5 Å². The number of phenolic OH excluding ortho intramolecular Hbond substituents is 1. The third kappa shape index (κ3) is 3.43. The lowest BCUT2D eigenvalue weighted by molar-refractivity contribution is 0.378. The predicted octanol–water partition coefficient (Wildman–Crippen LogP) is 3.98. The first kappa shape index (κ1) is 19.1. The highest BCUT2D eigenvalue weighted by Crippen LogP contribution is 2.36. The van der Waals surface area contributed by atoms with Gasteiger partial charge in [0.15, 0.2) is 11.6 Å².